The van der Waals surface area contributed by atoms with Gasteiger partial charge in [0.25, 0.3) is 0 Å². The topological polar surface area (TPSA) is 36.9 Å². The zero-order chi connectivity index (χ0) is 13.9. The molecule has 0 heterocycles. The fourth-order valence-electron chi connectivity index (χ4n) is 2.06. The summed E-state index contributed by atoms with van der Waals surface area (Å²) in [5.41, 5.74) is 0. The van der Waals surface area contributed by atoms with E-state index in [1.165, 1.54) is 25.7 Å². The number of hydrogen-bond acceptors (Lipinski definition) is 4. The molecule has 0 aliphatic heterocycles. The first-order valence-electron chi connectivity index (χ1n) is 6.95. The first-order valence-corrected chi connectivity index (χ1v) is 8.88. The average molecular weight is 278 g/mol. The highest BCUT2D eigenvalue weighted by atomic mass is 28.4. The molecular formula is C13H30O4Si. The molecule has 1 atom stereocenters. The van der Waals surface area contributed by atoms with Crippen molar-refractivity contribution < 1.29 is 18.0 Å². The maximum atomic E-state index is 5.78. The van der Waals surface area contributed by atoms with Crippen LogP contribution in [0.3, 0.4) is 0 Å². The highest BCUT2D eigenvalue weighted by molar-refractivity contribution is 6.60. The summed E-state index contributed by atoms with van der Waals surface area (Å²) < 4.78 is 22.1. The molecule has 0 amide bonds. The van der Waals surface area contributed by atoms with Crippen molar-refractivity contribution in [3.8, 4) is 0 Å². The maximum Gasteiger partial charge on any atom is 0.502 e. The molecule has 0 aromatic rings. The molecule has 1 unspecified atom stereocenters. The number of ether oxygens (including phenoxy) is 1. The lowest BCUT2D eigenvalue weighted by atomic mass is 10.1. The van der Waals surface area contributed by atoms with Crippen LogP contribution < -0.4 is 0 Å². The fraction of sp³-hybridized carbons (Fsp3) is 1.00. The fourth-order valence-corrected chi connectivity index (χ4v) is 3.94. The van der Waals surface area contributed by atoms with E-state index in [0.717, 1.165) is 19.1 Å². The molecule has 0 rings (SSSR count). The van der Waals surface area contributed by atoms with Crippen LogP contribution in [-0.4, -0.2) is 42.8 Å². The minimum Gasteiger partial charge on any atom is -0.379 e. The summed E-state index contributed by atoms with van der Waals surface area (Å²) in [6.07, 6.45) is 6.24. The molecule has 5 heteroatoms. The number of unbranched alkanes of at least 4 members (excludes halogenated alkanes) is 3. The Labute approximate surface area is 113 Å². The van der Waals surface area contributed by atoms with E-state index >= 15 is 0 Å². The molecule has 0 bridgehead atoms. The van der Waals surface area contributed by atoms with Gasteiger partial charge in [-0.1, -0.05) is 32.6 Å². The van der Waals surface area contributed by atoms with Gasteiger partial charge < -0.3 is 18.0 Å². The molecule has 18 heavy (non-hydrogen) atoms. The Hall–Kier alpha value is 0.0569. The normalized spacial score (nSPS) is 13.8. The maximum absolute atomic E-state index is 5.78. The second-order valence-corrected chi connectivity index (χ2v) is 7.43. The smallest absolute Gasteiger partial charge is 0.379 e. The van der Waals surface area contributed by atoms with Crippen LogP contribution in [0, 0.1) is 0 Å². The third kappa shape index (κ3) is 6.85. The van der Waals surface area contributed by atoms with Crippen molar-refractivity contribution in [1.29, 1.82) is 0 Å². The second-order valence-electron chi connectivity index (χ2n) is 4.43. The molecule has 0 radical (unpaired) electrons. The predicted octanol–water partition coefficient (Wildman–Crippen LogP) is 3.24. The van der Waals surface area contributed by atoms with Crippen molar-refractivity contribution in [3.05, 3.63) is 0 Å². The quantitative estimate of drug-likeness (QED) is 0.406. The van der Waals surface area contributed by atoms with Crippen LogP contribution >= 0.6 is 0 Å². The number of rotatable bonds is 12. The first-order chi connectivity index (χ1) is 8.67. The number of hydrogen-bond donors (Lipinski definition) is 0. The first kappa shape index (κ1) is 18.1. The molecule has 0 N–H and O–H groups in total. The van der Waals surface area contributed by atoms with Gasteiger partial charge in [-0.25, -0.2) is 0 Å². The lowest BCUT2D eigenvalue weighted by Gasteiger charge is -2.28. The van der Waals surface area contributed by atoms with E-state index < -0.39 is 8.80 Å². The summed E-state index contributed by atoms with van der Waals surface area (Å²) in [5.74, 6) is 0. The summed E-state index contributed by atoms with van der Waals surface area (Å²) >= 11 is 0. The van der Waals surface area contributed by atoms with E-state index in [1.807, 2.05) is 6.92 Å². The van der Waals surface area contributed by atoms with Crippen LogP contribution in [-0.2, 0) is 18.0 Å². The molecule has 0 aromatic heterocycles. The van der Waals surface area contributed by atoms with Crippen molar-refractivity contribution in [3.63, 3.8) is 0 Å². The second kappa shape index (κ2) is 10.9. The molecule has 0 aliphatic carbocycles. The average Bonchev–Trinajstić information content (AvgIpc) is 2.41. The van der Waals surface area contributed by atoms with Gasteiger partial charge in [0.15, 0.2) is 0 Å². The van der Waals surface area contributed by atoms with Crippen LogP contribution in [0.15, 0.2) is 0 Å². The molecule has 4 nitrogen and oxygen atoms in total. The van der Waals surface area contributed by atoms with E-state index in [-0.39, 0.29) is 6.10 Å². The monoisotopic (exact) mass is 278 g/mol. The Morgan fingerprint density at radius 2 is 1.50 bits per heavy atom. The summed E-state index contributed by atoms with van der Waals surface area (Å²) in [6, 6.07) is 0.733. The molecule has 110 valence electrons. The van der Waals surface area contributed by atoms with Crippen molar-refractivity contribution >= 4 is 8.80 Å². The highest BCUT2D eigenvalue weighted by Crippen LogP contribution is 2.21. The van der Waals surface area contributed by atoms with Crippen LogP contribution in [0.4, 0.5) is 0 Å². The lowest BCUT2D eigenvalue weighted by Crippen LogP contribution is -2.46. The van der Waals surface area contributed by atoms with Gasteiger partial charge in [-0.05, 0) is 13.3 Å². The Morgan fingerprint density at radius 1 is 0.889 bits per heavy atom. The van der Waals surface area contributed by atoms with Crippen molar-refractivity contribution in [2.24, 2.45) is 0 Å². The van der Waals surface area contributed by atoms with E-state index in [4.69, 9.17) is 18.0 Å². The summed E-state index contributed by atoms with van der Waals surface area (Å²) in [4.78, 5) is 0. The zero-order valence-corrected chi connectivity index (χ0v) is 13.7. The van der Waals surface area contributed by atoms with Gasteiger partial charge >= 0.3 is 8.80 Å². The minimum absolute atomic E-state index is 0.179. The van der Waals surface area contributed by atoms with Gasteiger partial charge in [-0.3, -0.25) is 0 Å². The lowest BCUT2D eigenvalue weighted by molar-refractivity contribution is 0.0427. The van der Waals surface area contributed by atoms with Crippen LogP contribution in [0.5, 0.6) is 0 Å². The molecule has 0 saturated heterocycles. The van der Waals surface area contributed by atoms with E-state index in [9.17, 15) is 0 Å². The zero-order valence-electron chi connectivity index (χ0n) is 12.7. The molecule has 0 aliphatic rings. The van der Waals surface area contributed by atoms with Gasteiger partial charge in [-0.2, -0.15) is 0 Å². The molecule has 0 fully saturated rings. The van der Waals surface area contributed by atoms with Crippen LogP contribution in [0.2, 0.25) is 6.04 Å². The molecule has 0 saturated carbocycles. The molecule has 0 aromatic carbocycles. The third-order valence-electron chi connectivity index (χ3n) is 3.19. The highest BCUT2D eigenvalue weighted by Gasteiger charge is 2.40. The minimum atomic E-state index is -2.51. The van der Waals surface area contributed by atoms with Gasteiger partial charge in [-0.15, -0.1) is 0 Å². The van der Waals surface area contributed by atoms with E-state index in [2.05, 4.69) is 6.92 Å². The Morgan fingerprint density at radius 3 is 1.94 bits per heavy atom. The largest absolute Gasteiger partial charge is 0.502 e. The van der Waals surface area contributed by atoms with Gasteiger partial charge in [0, 0.05) is 34.0 Å². The van der Waals surface area contributed by atoms with Crippen LogP contribution in [0.25, 0.3) is 0 Å². The van der Waals surface area contributed by atoms with Crippen molar-refractivity contribution in [2.75, 3.05) is 27.9 Å². The summed E-state index contributed by atoms with van der Waals surface area (Å²) in [6.45, 7) is 4.97. The third-order valence-corrected chi connectivity index (χ3v) is 6.01. The standard InChI is InChI=1S/C13H30O4Si/c1-6-8-9-10-11-13(17-7-2)12-18(14-3,15-4)16-5/h13H,6-12H2,1-5H3. The summed E-state index contributed by atoms with van der Waals surface area (Å²) in [7, 11) is 2.45. The van der Waals surface area contributed by atoms with Gasteiger partial charge in [0.1, 0.15) is 0 Å². The van der Waals surface area contributed by atoms with Crippen LogP contribution in [0.1, 0.15) is 46.0 Å². The van der Waals surface area contributed by atoms with Gasteiger partial charge in [0.2, 0.25) is 0 Å². The Balaban J connectivity index is 4.22. The van der Waals surface area contributed by atoms with Crippen molar-refractivity contribution in [2.45, 2.75) is 58.1 Å². The Bertz CT molecular complexity index is 178. The predicted molar refractivity (Wildman–Crippen MR) is 75.8 cm³/mol. The van der Waals surface area contributed by atoms with E-state index in [1.54, 1.807) is 21.3 Å². The molecular weight excluding hydrogens is 248 g/mol. The SMILES string of the molecule is CCCCCCC(C[Si](OC)(OC)OC)OCC. The molecule has 0 spiro atoms. The van der Waals surface area contributed by atoms with E-state index in [0.29, 0.717) is 0 Å². The van der Waals surface area contributed by atoms with Gasteiger partial charge in [0.05, 0.1) is 6.10 Å². The van der Waals surface area contributed by atoms with Crippen molar-refractivity contribution in [1.82, 2.24) is 0 Å². The Kier molecular flexibility index (Phi) is 11.0. The summed E-state index contributed by atoms with van der Waals surface area (Å²) in [5, 5.41) is 0.